The maximum absolute atomic E-state index is 11.2. The third-order valence-electron chi connectivity index (χ3n) is 3.16. The fourth-order valence-corrected chi connectivity index (χ4v) is 2.34. The van der Waals surface area contributed by atoms with E-state index in [2.05, 4.69) is 5.10 Å². The van der Waals surface area contributed by atoms with E-state index >= 15 is 0 Å². The Labute approximate surface area is 105 Å². The number of aldehydes is 1. The van der Waals surface area contributed by atoms with E-state index in [-0.39, 0.29) is 0 Å². The average Bonchev–Trinajstić information content (AvgIpc) is 2.62. The Kier molecular flexibility index (Phi) is 2.94. The van der Waals surface area contributed by atoms with Gasteiger partial charge in [-0.05, 0) is 12.0 Å². The summed E-state index contributed by atoms with van der Waals surface area (Å²) in [6.45, 7) is 2.07. The molecular formula is C14H14N2O2. The van der Waals surface area contributed by atoms with Crippen LogP contribution in [-0.2, 0) is 17.9 Å². The Balaban J connectivity index is 2.17. The summed E-state index contributed by atoms with van der Waals surface area (Å²) in [6, 6.07) is 9.88. The molecule has 4 heteroatoms. The average molecular weight is 242 g/mol. The zero-order valence-corrected chi connectivity index (χ0v) is 10.0. The quantitative estimate of drug-likeness (QED) is 0.759. The van der Waals surface area contributed by atoms with Crippen molar-refractivity contribution in [3.05, 3.63) is 41.7 Å². The number of hydrogen-bond acceptors (Lipinski definition) is 3. The number of fused-ring (bicyclic) bond motifs is 1. The van der Waals surface area contributed by atoms with E-state index < -0.39 is 0 Å². The van der Waals surface area contributed by atoms with E-state index in [1.165, 1.54) is 0 Å². The van der Waals surface area contributed by atoms with Gasteiger partial charge in [-0.15, -0.1) is 0 Å². The maximum atomic E-state index is 11.2. The molecule has 18 heavy (non-hydrogen) atoms. The predicted molar refractivity (Wildman–Crippen MR) is 67.3 cm³/mol. The topological polar surface area (TPSA) is 44.1 Å². The number of nitrogens with zero attached hydrogens (tertiary/aromatic N) is 2. The van der Waals surface area contributed by atoms with E-state index in [1.807, 2.05) is 35.0 Å². The summed E-state index contributed by atoms with van der Waals surface area (Å²) >= 11 is 0. The number of aryl methyl sites for hydroxylation is 1. The normalized spacial score (nSPS) is 14.9. The van der Waals surface area contributed by atoms with Crippen molar-refractivity contribution in [1.82, 2.24) is 9.78 Å². The summed E-state index contributed by atoms with van der Waals surface area (Å²) in [7, 11) is 0. The van der Waals surface area contributed by atoms with Gasteiger partial charge in [0.25, 0.3) is 0 Å². The van der Waals surface area contributed by atoms with E-state index in [0.29, 0.717) is 12.3 Å². The Morgan fingerprint density at radius 3 is 2.89 bits per heavy atom. The third-order valence-corrected chi connectivity index (χ3v) is 3.16. The van der Waals surface area contributed by atoms with Crippen LogP contribution in [0.25, 0.3) is 11.1 Å². The molecule has 3 rings (SSSR count). The van der Waals surface area contributed by atoms with E-state index in [4.69, 9.17) is 4.74 Å². The molecule has 1 aliphatic rings. The van der Waals surface area contributed by atoms with Crippen LogP contribution in [-0.4, -0.2) is 22.7 Å². The van der Waals surface area contributed by atoms with Crippen molar-refractivity contribution in [2.45, 2.75) is 19.6 Å². The van der Waals surface area contributed by atoms with Gasteiger partial charge in [-0.1, -0.05) is 30.3 Å². The van der Waals surface area contributed by atoms with Gasteiger partial charge in [-0.25, -0.2) is 0 Å². The summed E-state index contributed by atoms with van der Waals surface area (Å²) < 4.78 is 7.47. The van der Waals surface area contributed by atoms with Crippen LogP contribution in [0.2, 0.25) is 0 Å². The molecule has 1 aliphatic heterocycles. The lowest BCUT2D eigenvalue weighted by atomic mass is 10.0. The number of ether oxygens (including phenoxy) is 1. The van der Waals surface area contributed by atoms with Gasteiger partial charge in [0.2, 0.25) is 0 Å². The van der Waals surface area contributed by atoms with Gasteiger partial charge in [0.1, 0.15) is 5.69 Å². The standard InChI is InChI=1S/C14H14N2O2/c17-9-12-14(11-5-2-1-3-6-11)13-10-18-8-4-7-16(13)15-12/h1-3,5-6,9H,4,7-8,10H2. The van der Waals surface area contributed by atoms with Gasteiger partial charge in [-0.3, -0.25) is 9.48 Å². The van der Waals surface area contributed by atoms with Crippen molar-refractivity contribution in [1.29, 1.82) is 0 Å². The number of aromatic nitrogens is 2. The molecule has 0 aliphatic carbocycles. The first-order valence-corrected chi connectivity index (χ1v) is 6.08. The van der Waals surface area contributed by atoms with Crippen LogP contribution in [0, 0.1) is 0 Å². The summed E-state index contributed by atoms with van der Waals surface area (Å²) in [4.78, 5) is 11.2. The van der Waals surface area contributed by atoms with Gasteiger partial charge in [-0.2, -0.15) is 5.10 Å². The molecule has 92 valence electrons. The van der Waals surface area contributed by atoms with Gasteiger partial charge in [0.15, 0.2) is 6.29 Å². The lowest BCUT2D eigenvalue weighted by Crippen LogP contribution is -2.02. The fraction of sp³-hybridized carbons (Fsp3) is 0.286. The number of carbonyl (C=O) groups is 1. The molecule has 1 aromatic carbocycles. The molecule has 0 fully saturated rings. The van der Waals surface area contributed by atoms with Crippen LogP contribution in [0.5, 0.6) is 0 Å². The molecule has 2 aromatic rings. The van der Waals surface area contributed by atoms with Crippen LogP contribution in [0.1, 0.15) is 22.6 Å². The fourth-order valence-electron chi connectivity index (χ4n) is 2.34. The Bertz CT molecular complexity index is 561. The first-order valence-electron chi connectivity index (χ1n) is 6.08. The molecule has 4 nitrogen and oxygen atoms in total. The Morgan fingerprint density at radius 1 is 1.28 bits per heavy atom. The highest BCUT2D eigenvalue weighted by atomic mass is 16.5. The zero-order valence-electron chi connectivity index (χ0n) is 10.0. The molecular weight excluding hydrogens is 228 g/mol. The van der Waals surface area contributed by atoms with Gasteiger partial charge in [0.05, 0.1) is 12.3 Å². The van der Waals surface area contributed by atoms with Crippen LogP contribution < -0.4 is 0 Å². The van der Waals surface area contributed by atoms with Crippen molar-refractivity contribution in [2.75, 3.05) is 6.61 Å². The highest BCUT2D eigenvalue weighted by Crippen LogP contribution is 2.28. The molecule has 0 radical (unpaired) electrons. The monoisotopic (exact) mass is 242 g/mol. The van der Waals surface area contributed by atoms with Crippen LogP contribution >= 0.6 is 0 Å². The maximum Gasteiger partial charge on any atom is 0.170 e. The lowest BCUT2D eigenvalue weighted by molar-refractivity contribution is 0.111. The minimum atomic E-state index is 0.502. The van der Waals surface area contributed by atoms with Crippen molar-refractivity contribution >= 4 is 6.29 Å². The zero-order chi connectivity index (χ0) is 12.4. The SMILES string of the molecule is O=Cc1nn2c(c1-c1ccccc1)COCCC2. The predicted octanol–water partition coefficient (Wildman–Crippen LogP) is 2.28. The van der Waals surface area contributed by atoms with Crippen molar-refractivity contribution < 1.29 is 9.53 Å². The van der Waals surface area contributed by atoms with Crippen LogP contribution in [0.4, 0.5) is 0 Å². The Hall–Kier alpha value is -1.94. The molecule has 0 spiro atoms. The minimum Gasteiger partial charge on any atom is -0.375 e. The highest BCUT2D eigenvalue weighted by Gasteiger charge is 2.20. The number of carbonyl (C=O) groups excluding carboxylic acids is 1. The third kappa shape index (κ3) is 1.84. The first-order chi connectivity index (χ1) is 8.90. The van der Waals surface area contributed by atoms with E-state index in [0.717, 1.165) is 42.7 Å². The molecule has 1 aromatic heterocycles. The molecule has 0 atom stereocenters. The van der Waals surface area contributed by atoms with Crippen molar-refractivity contribution in [3.8, 4) is 11.1 Å². The van der Waals surface area contributed by atoms with Gasteiger partial charge >= 0.3 is 0 Å². The van der Waals surface area contributed by atoms with Crippen molar-refractivity contribution in [2.24, 2.45) is 0 Å². The summed E-state index contributed by atoms with van der Waals surface area (Å²) in [5.74, 6) is 0. The summed E-state index contributed by atoms with van der Waals surface area (Å²) in [5, 5.41) is 4.37. The molecule has 0 unspecified atom stereocenters. The number of benzene rings is 1. The first kappa shape index (κ1) is 11.2. The second kappa shape index (κ2) is 4.74. The highest BCUT2D eigenvalue weighted by molar-refractivity contribution is 5.86. The number of hydrogen-bond donors (Lipinski definition) is 0. The Morgan fingerprint density at radius 2 is 2.11 bits per heavy atom. The second-order valence-corrected chi connectivity index (χ2v) is 4.32. The molecule has 0 bridgehead atoms. The molecule has 0 saturated carbocycles. The minimum absolute atomic E-state index is 0.502. The summed E-state index contributed by atoms with van der Waals surface area (Å²) in [6.07, 6.45) is 1.76. The van der Waals surface area contributed by atoms with Crippen LogP contribution in [0.15, 0.2) is 30.3 Å². The molecule has 0 amide bonds. The molecule has 0 saturated heterocycles. The van der Waals surface area contributed by atoms with Crippen LogP contribution in [0.3, 0.4) is 0 Å². The molecule has 0 N–H and O–H groups in total. The van der Waals surface area contributed by atoms with Gasteiger partial charge in [0, 0.05) is 18.7 Å². The second-order valence-electron chi connectivity index (χ2n) is 4.32. The van der Waals surface area contributed by atoms with Crippen molar-refractivity contribution in [3.63, 3.8) is 0 Å². The largest absolute Gasteiger partial charge is 0.375 e. The lowest BCUT2D eigenvalue weighted by Gasteiger charge is -2.05. The van der Waals surface area contributed by atoms with E-state index in [9.17, 15) is 4.79 Å². The summed E-state index contributed by atoms with van der Waals surface area (Å²) in [5.41, 5.74) is 3.43. The van der Waals surface area contributed by atoms with E-state index in [1.54, 1.807) is 0 Å². The van der Waals surface area contributed by atoms with Gasteiger partial charge < -0.3 is 4.74 Å². The molecule has 2 heterocycles. The smallest absolute Gasteiger partial charge is 0.170 e. The number of rotatable bonds is 2.